The Hall–Kier alpha value is -1.35. The van der Waals surface area contributed by atoms with Gasteiger partial charge in [-0.25, -0.2) is 0 Å². The van der Waals surface area contributed by atoms with Gasteiger partial charge in [0.25, 0.3) is 0 Å². The fourth-order valence-corrected chi connectivity index (χ4v) is 2.67. The Morgan fingerprint density at radius 2 is 1.72 bits per heavy atom. The summed E-state index contributed by atoms with van der Waals surface area (Å²) >= 11 is 0. The Kier molecular flexibility index (Phi) is 3.71. The number of hydrogen-bond donors (Lipinski definition) is 0. The third-order valence-corrected chi connectivity index (χ3v) is 3.92. The molecule has 1 heterocycles. The highest BCUT2D eigenvalue weighted by Gasteiger charge is 2.41. The van der Waals surface area contributed by atoms with Crippen LogP contribution in [0.1, 0.15) is 31.1 Å². The molecule has 3 heteroatoms. The number of carbonyl (C=O) groups excluding carboxylic acids is 1. The van der Waals surface area contributed by atoms with E-state index in [-0.39, 0.29) is 29.8 Å². The molecule has 2 rings (SSSR count). The van der Waals surface area contributed by atoms with E-state index >= 15 is 0 Å². The standard InChI is InChI=1S/C15H20O3/c1-9-10(2)18-11(3)14(9)15(16)12-5-7-13(17-4)8-6-12/h5-11,14H,1-4H3. The van der Waals surface area contributed by atoms with Gasteiger partial charge in [-0.1, -0.05) is 6.92 Å². The molecule has 1 aromatic rings. The number of ketones is 1. The highest BCUT2D eigenvalue weighted by Crippen LogP contribution is 2.34. The van der Waals surface area contributed by atoms with Crippen LogP contribution in [-0.2, 0) is 4.74 Å². The van der Waals surface area contributed by atoms with Crippen molar-refractivity contribution in [3.8, 4) is 5.75 Å². The summed E-state index contributed by atoms with van der Waals surface area (Å²) in [6, 6.07) is 7.29. The molecule has 0 spiro atoms. The van der Waals surface area contributed by atoms with E-state index in [0.29, 0.717) is 0 Å². The van der Waals surface area contributed by atoms with E-state index in [2.05, 4.69) is 6.92 Å². The van der Waals surface area contributed by atoms with Gasteiger partial charge in [0.1, 0.15) is 5.75 Å². The fraction of sp³-hybridized carbons (Fsp3) is 0.533. The van der Waals surface area contributed by atoms with Crippen LogP contribution in [0.5, 0.6) is 5.75 Å². The lowest BCUT2D eigenvalue weighted by atomic mass is 9.83. The number of rotatable bonds is 3. The largest absolute Gasteiger partial charge is 0.497 e. The summed E-state index contributed by atoms with van der Waals surface area (Å²) in [5.41, 5.74) is 0.734. The molecule has 4 atom stereocenters. The van der Waals surface area contributed by atoms with Crippen LogP contribution in [0.4, 0.5) is 0 Å². The maximum absolute atomic E-state index is 12.5. The molecule has 0 aliphatic carbocycles. The summed E-state index contributed by atoms with van der Waals surface area (Å²) in [7, 11) is 1.62. The minimum atomic E-state index is -0.0478. The van der Waals surface area contributed by atoms with Crippen LogP contribution in [0, 0.1) is 11.8 Å². The zero-order valence-corrected chi connectivity index (χ0v) is 11.3. The Morgan fingerprint density at radius 1 is 1.11 bits per heavy atom. The molecular weight excluding hydrogens is 228 g/mol. The number of ether oxygens (including phenoxy) is 2. The lowest BCUT2D eigenvalue weighted by Crippen LogP contribution is -2.26. The Balaban J connectivity index is 2.20. The van der Waals surface area contributed by atoms with Crippen LogP contribution in [0.25, 0.3) is 0 Å². The molecule has 0 aromatic heterocycles. The maximum Gasteiger partial charge on any atom is 0.168 e. The molecule has 98 valence electrons. The van der Waals surface area contributed by atoms with E-state index in [1.807, 2.05) is 38.1 Å². The summed E-state index contributed by atoms with van der Waals surface area (Å²) in [6.45, 7) is 6.09. The second-order valence-electron chi connectivity index (χ2n) is 5.02. The highest BCUT2D eigenvalue weighted by atomic mass is 16.5. The second-order valence-corrected chi connectivity index (χ2v) is 5.02. The third-order valence-electron chi connectivity index (χ3n) is 3.92. The SMILES string of the molecule is COc1ccc(C(=O)C2C(C)OC(C)C2C)cc1. The average Bonchev–Trinajstić information content (AvgIpc) is 2.63. The predicted molar refractivity (Wildman–Crippen MR) is 70.0 cm³/mol. The van der Waals surface area contributed by atoms with E-state index in [0.717, 1.165) is 11.3 Å². The maximum atomic E-state index is 12.5. The highest BCUT2D eigenvalue weighted by molar-refractivity contribution is 5.98. The predicted octanol–water partition coefficient (Wildman–Crippen LogP) is 2.94. The molecular formula is C15H20O3. The topological polar surface area (TPSA) is 35.5 Å². The lowest BCUT2D eigenvalue weighted by Gasteiger charge is -2.17. The summed E-state index contributed by atoms with van der Waals surface area (Å²) in [5.74, 6) is 1.15. The van der Waals surface area contributed by atoms with Crippen LogP contribution in [0.15, 0.2) is 24.3 Å². The van der Waals surface area contributed by atoms with Gasteiger partial charge in [0.2, 0.25) is 0 Å². The Morgan fingerprint density at radius 3 is 2.17 bits per heavy atom. The first kappa shape index (κ1) is 13.1. The van der Waals surface area contributed by atoms with Gasteiger partial charge in [-0.05, 0) is 44.0 Å². The van der Waals surface area contributed by atoms with E-state index < -0.39 is 0 Å². The zero-order valence-electron chi connectivity index (χ0n) is 11.3. The number of carbonyl (C=O) groups is 1. The van der Waals surface area contributed by atoms with Crippen molar-refractivity contribution in [3.05, 3.63) is 29.8 Å². The first-order chi connectivity index (χ1) is 8.54. The minimum absolute atomic E-state index is 0.00963. The van der Waals surface area contributed by atoms with Crippen molar-refractivity contribution in [1.29, 1.82) is 0 Å². The van der Waals surface area contributed by atoms with Gasteiger partial charge in [-0.3, -0.25) is 4.79 Å². The summed E-state index contributed by atoms with van der Waals surface area (Å²) < 4.78 is 10.8. The van der Waals surface area contributed by atoms with Gasteiger partial charge in [0.05, 0.1) is 25.2 Å². The molecule has 18 heavy (non-hydrogen) atoms. The number of benzene rings is 1. The Labute approximate surface area is 108 Å². The third kappa shape index (κ3) is 2.27. The van der Waals surface area contributed by atoms with E-state index in [1.165, 1.54) is 0 Å². The van der Waals surface area contributed by atoms with Crippen LogP contribution < -0.4 is 4.74 Å². The fourth-order valence-electron chi connectivity index (χ4n) is 2.67. The smallest absolute Gasteiger partial charge is 0.168 e. The van der Waals surface area contributed by atoms with Crippen LogP contribution in [0.2, 0.25) is 0 Å². The second kappa shape index (κ2) is 5.11. The number of methoxy groups -OCH3 is 1. The molecule has 0 saturated carbocycles. The summed E-state index contributed by atoms with van der Waals surface area (Å²) in [5, 5.41) is 0. The van der Waals surface area contributed by atoms with Gasteiger partial charge < -0.3 is 9.47 Å². The van der Waals surface area contributed by atoms with Gasteiger partial charge in [0, 0.05) is 5.56 Å². The summed E-state index contributed by atoms with van der Waals surface area (Å²) in [6.07, 6.45) is 0.136. The van der Waals surface area contributed by atoms with Crippen molar-refractivity contribution in [3.63, 3.8) is 0 Å². The lowest BCUT2D eigenvalue weighted by molar-refractivity contribution is 0.0491. The van der Waals surface area contributed by atoms with Crippen molar-refractivity contribution in [2.24, 2.45) is 11.8 Å². The van der Waals surface area contributed by atoms with Crippen LogP contribution in [-0.4, -0.2) is 25.1 Å². The average molecular weight is 248 g/mol. The van der Waals surface area contributed by atoms with Crippen molar-refractivity contribution < 1.29 is 14.3 Å². The molecule has 1 aliphatic rings. The van der Waals surface area contributed by atoms with Crippen molar-refractivity contribution in [2.45, 2.75) is 33.0 Å². The summed E-state index contributed by atoms with van der Waals surface area (Å²) in [4.78, 5) is 12.5. The molecule has 0 amide bonds. The molecule has 1 aromatic carbocycles. The van der Waals surface area contributed by atoms with Crippen molar-refractivity contribution in [1.82, 2.24) is 0 Å². The first-order valence-electron chi connectivity index (χ1n) is 6.38. The van der Waals surface area contributed by atoms with E-state index in [4.69, 9.17) is 9.47 Å². The number of Topliss-reactive ketones (excluding diaryl/α,β-unsaturated/α-hetero) is 1. The molecule has 0 N–H and O–H groups in total. The normalized spacial score (nSPS) is 31.3. The zero-order chi connectivity index (χ0) is 13.3. The molecule has 1 fully saturated rings. The van der Waals surface area contributed by atoms with Crippen LogP contribution in [0.3, 0.4) is 0 Å². The number of hydrogen-bond acceptors (Lipinski definition) is 3. The molecule has 3 nitrogen and oxygen atoms in total. The molecule has 1 aliphatic heterocycles. The Bertz CT molecular complexity index is 424. The van der Waals surface area contributed by atoms with Crippen molar-refractivity contribution in [2.75, 3.05) is 7.11 Å². The van der Waals surface area contributed by atoms with Gasteiger partial charge in [-0.2, -0.15) is 0 Å². The van der Waals surface area contributed by atoms with Gasteiger partial charge in [0.15, 0.2) is 5.78 Å². The molecule has 0 bridgehead atoms. The first-order valence-corrected chi connectivity index (χ1v) is 6.38. The monoisotopic (exact) mass is 248 g/mol. The van der Waals surface area contributed by atoms with Crippen molar-refractivity contribution >= 4 is 5.78 Å². The van der Waals surface area contributed by atoms with Gasteiger partial charge >= 0.3 is 0 Å². The molecule has 1 saturated heterocycles. The minimum Gasteiger partial charge on any atom is -0.497 e. The van der Waals surface area contributed by atoms with Crippen LogP contribution >= 0.6 is 0 Å². The van der Waals surface area contributed by atoms with E-state index in [9.17, 15) is 4.79 Å². The quantitative estimate of drug-likeness (QED) is 0.771. The molecule has 0 radical (unpaired) electrons. The van der Waals surface area contributed by atoms with Gasteiger partial charge in [-0.15, -0.1) is 0 Å². The van der Waals surface area contributed by atoms with E-state index in [1.54, 1.807) is 7.11 Å². The molecule has 4 unspecified atom stereocenters.